The van der Waals surface area contributed by atoms with E-state index in [1.807, 2.05) is 0 Å². The molecule has 3 nitrogen and oxygen atoms in total. The van der Waals surface area contributed by atoms with Gasteiger partial charge in [0, 0.05) is 45.2 Å². The minimum atomic E-state index is 0.0539. The van der Waals surface area contributed by atoms with Crippen molar-refractivity contribution in [2.75, 3.05) is 14.7 Å². The molecule has 58 heavy (non-hydrogen) atoms. The maximum absolute atomic E-state index is 2.52. The van der Waals surface area contributed by atoms with Gasteiger partial charge in [0.1, 0.15) is 0 Å². The lowest BCUT2D eigenvalue weighted by atomic mass is 9.33. The molecule has 0 atom stereocenters. The number of benzene rings is 9. The Morgan fingerprint density at radius 2 is 1.03 bits per heavy atom. The van der Waals surface area contributed by atoms with E-state index in [0.29, 0.717) is 0 Å². The van der Waals surface area contributed by atoms with Crippen molar-refractivity contribution in [2.45, 2.75) is 26.2 Å². The second-order valence-electron chi connectivity index (χ2n) is 15.6. The summed E-state index contributed by atoms with van der Waals surface area (Å²) in [4.78, 5) is 7.50. The SMILES string of the molecule is CCCCc1ccc(N2c3ccccc3B3c4ccccc4N(c4ccccc4)c4cc(N(c5ccc6ccccc6c5)c5cccc6ccccc56)cc2c43)cc1. The second kappa shape index (κ2) is 14.2. The molecule has 2 heterocycles. The van der Waals surface area contributed by atoms with Crippen LogP contribution in [0.4, 0.5) is 51.2 Å². The van der Waals surface area contributed by atoms with Gasteiger partial charge in [-0.2, -0.15) is 0 Å². The first-order valence-electron chi connectivity index (χ1n) is 20.6. The molecule has 0 spiro atoms. The molecule has 0 unspecified atom stereocenters. The normalized spacial score (nSPS) is 12.7. The van der Waals surface area contributed by atoms with Crippen LogP contribution in [0.1, 0.15) is 25.3 Å². The Bertz CT molecular complexity index is 2970. The third kappa shape index (κ3) is 5.59. The Hall–Kier alpha value is -7.04. The highest BCUT2D eigenvalue weighted by Gasteiger charge is 2.43. The molecule has 0 N–H and O–H groups in total. The van der Waals surface area contributed by atoms with Crippen LogP contribution in [0.15, 0.2) is 200 Å². The molecule has 0 amide bonds. The number of para-hydroxylation sites is 3. The van der Waals surface area contributed by atoms with Crippen molar-refractivity contribution in [3.63, 3.8) is 0 Å². The Morgan fingerprint density at radius 1 is 0.448 bits per heavy atom. The van der Waals surface area contributed by atoms with E-state index in [4.69, 9.17) is 0 Å². The minimum absolute atomic E-state index is 0.0539. The summed E-state index contributed by atoms with van der Waals surface area (Å²) >= 11 is 0. The van der Waals surface area contributed by atoms with Crippen LogP contribution in [-0.2, 0) is 6.42 Å². The van der Waals surface area contributed by atoms with Crippen molar-refractivity contribution in [3.8, 4) is 0 Å². The Morgan fingerprint density at radius 3 is 1.74 bits per heavy atom. The lowest BCUT2D eigenvalue weighted by molar-refractivity contribution is 0.795. The van der Waals surface area contributed by atoms with Crippen LogP contribution in [0.2, 0.25) is 0 Å². The summed E-state index contributed by atoms with van der Waals surface area (Å²) in [6, 6.07) is 74.2. The molecular weight excluding hydrogens is 701 g/mol. The van der Waals surface area contributed by atoms with Gasteiger partial charge < -0.3 is 14.7 Å². The molecule has 11 rings (SSSR count). The zero-order chi connectivity index (χ0) is 38.6. The first kappa shape index (κ1) is 34.2. The van der Waals surface area contributed by atoms with Crippen LogP contribution in [0.5, 0.6) is 0 Å². The average molecular weight is 744 g/mol. The largest absolute Gasteiger partial charge is 0.311 e. The molecule has 0 bridgehead atoms. The smallest absolute Gasteiger partial charge is 0.252 e. The van der Waals surface area contributed by atoms with Crippen molar-refractivity contribution in [2.24, 2.45) is 0 Å². The molecule has 9 aromatic rings. The lowest BCUT2D eigenvalue weighted by Crippen LogP contribution is -2.61. The van der Waals surface area contributed by atoms with Gasteiger partial charge in [0.05, 0.1) is 11.4 Å². The zero-order valence-electron chi connectivity index (χ0n) is 32.6. The van der Waals surface area contributed by atoms with Gasteiger partial charge in [-0.25, -0.2) is 0 Å². The highest BCUT2D eigenvalue weighted by Crippen LogP contribution is 2.49. The number of rotatable bonds is 8. The number of aryl methyl sites for hydroxylation is 1. The van der Waals surface area contributed by atoms with E-state index in [0.717, 1.165) is 34.9 Å². The van der Waals surface area contributed by atoms with E-state index in [-0.39, 0.29) is 6.71 Å². The van der Waals surface area contributed by atoms with Crippen molar-refractivity contribution in [1.29, 1.82) is 0 Å². The first-order chi connectivity index (χ1) is 28.7. The summed E-state index contributed by atoms with van der Waals surface area (Å²) < 4.78 is 0. The van der Waals surface area contributed by atoms with E-state index in [1.165, 1.54) is 79.1 Å². The van der Waals surface area contributed by atoms with Crippen LogP contribution < -0.4 is 31.1 Å². The standard InChI is InChI=1S/C54H42BN3/c1-2-3-16-38-29-32-43(33-30-38)58-51-27-14-12-25-48(51)55-47-24-11-13-26-50(47)57(42-21-5-4-6-22-42)52-36-45(37-53(58)54(52)55)56(44-34-31-39-17-7-8-19-41(39)35-44)49-28-15-20-40-18-9-10-23-46(40)49/h4-15,17-37H,2-3,16H2,1H3. The Labute approximate surface area is 341 Å². The van der Waals surface area contributed by atoms with Gasteiger partial charge in [0.2, 0.25) is 0 Å². The summed E-state index contributed by atoms with van der Waals surface area (Å²) in [5, 5.41) is 4.86. The fourth-order valence-electron chi connectivity index (χ4n) is 9.48. The van der Waals surface area contributed by atoms with E-state index in [1.54, 1.807) is 0 Å². The number of fused-ring (bicyclic) bond motifs is 6. The monoisotopic (exact) mass is 743 g/mol. The predicted octanol–water partition coefficient (Wildman–Crippen LogP) is 12.9. The summed E-state index contributed by atoms with van der Waals surface area (Å²) in [5.74, 6) is 0. The molecule has 0 aliphatic carbocycles. The van der Waals surface area contributed by atoms with Crippen LogP contribution in [0.25, 0.3) is 21.5 Å². The first-order valence-corrected chi connectivity index (χ1v) is 20.6. The van der Waals surface area contributed by atoms with Crippen LogP contribution >= 0.6 is 0 Å². The van der Waals surface area contributed by atoms with Crippen LogP contribution in [0.3, 0.4) is 0 Å². The molecule has 2 aliphatic heterocycles. The quantitative estimate of drug-likeness (QED) is 0.144. The van der Waals surface area contributed by atoms with Gasteiger partial charge in [-0.15, -0.1) is 0 Å². The molecule has 0 radical (unpaired) electrons. The third-order valence-electron chi connectivity index (χ3n) is 12.2. The van der Waals surface area contributed by atoms with E-state index in [9.17, 15) is 0 Å². The summed E-state index contributed by atoms with van der Waals surface area (Å²) in [5.41, 5.74) is 15.8. The minimum Gasteiger partial charge on any atom is -0.311 e. The van der Waals surface area contributed by atoms with Crippen molar-refractivity contribution >= 4 is 95.8 Å². The molecule has 0 saturated carbocycles. The number of hydrogen-bond acceptors (Lipinski definition) is 3. The molecule has 9 aromatic carbocycles. The average Bonchev–Trinajstić information content (AvgIpc) is 3.29. The van der Waals surface area contributed by atoms with Crippen molar-refractivity contribution < 1.29 is 0 Å². The van der Waals surface area contributed by atoms with E-state index < -0.39 is 0 Å². The molecule has 2 aliphatic rings. The van der Waals surface area contributed by atoms with Crippen molar-refractivity contribution in [1.82, 2.24) is 0 Å². The number of nitrogens with zero attached hydrogens (tertiary/aromatic N) is 3. The number of anilines is 9. The van der Waals surface area contributed by atoms with Gasteiger partial charge in [0.15, 0.2) is 0 Å². The molecule has 4 heteroatoms. The molecule has 276 valence electrons. The zero-order valence-corrected chi connectivity index (χ0v) is 32.6. The van der Waals surface area contributed by atoms with E-state index in [2.05, 4.69) is 222 Å². The maximum Gasteiger partial charge on any atom is 0.252 e. The fourth-order valence-corrected chi connectivity index (χ4v) is 9.48. The van der Waals surface area contributed by atoms with Gasteiger partial charge in [0.25, 0.3) is 6.71 Å². The molecule has 0 aromatic heterocycles. The van der Waals surface area contributed by atoms with Crippen molar-refractivity contribution in [3.05, 3.63) is 206 Å². The summed E-state index contributed by atoms with van der Waals surface area (Å²) in [6.45, 7) is 2.32. The number of unbranched alkanes of at least 4 members (excludes halogenated alkanes) is 1. The summed E-state index contributed by atoms with van der Waals surface area (Å²) in [6.07, 6.45) is 3.47. The molecular formula is C54H42BN3. The van der Waals surface area contributed by atoms with Crippen LogP contribution in [-0.4, -0.2) is 6.71 Å². The fraction of sp³-hybridized carbons (Fsp3) is 0.0741. The van der Waals surface area contributed by atoms with Gasteiger partial charge in [-0.1, -0.05) is 147 Å². The van der Waals surface area contributed by atoms with E-state index >= 15 is 0 Å². The predicted molar refractivity (Wildman–Crippen MR) is 249 cm³/mol. The van der Waals surface area contributed by atoms with Gasteiger partial charge >= 0.3 is 0 Å². The molecule has 0 fully saturated rings. The second-order valence-corrected chi connectivity index (χ2v) is 15.6. The lowest BCUT2D eigenvalue weighted by Gasteiger charge is -2.45. The topological polar surface area (TPSA) is 9.72 Å². The Balaban J connectivity index is 1.24. The van der Waals surface area contributed by atoms with Gasteiger partial charge in [-0.3, -0.25) is 0 Å². The maximum atomic E-state index is 2.52. The van der Waals surface area contributed by atoms with Crippen LogP contribution in [0, 0.1) is 0 Å². The number of hydrogen-bond donors (Lipinski definition) is 0. The van der Waals surface area contributed by atoms with Gasteiger partial charge in [-0.05, 0) is 118 Å². The molecule has 0 saturated heterocycles. The third-order valence-corrected chi connectivity index (χ3v) is 12.2. The Kier molecular flexibility index (Phi) is 8.36. The summed E-state index contributed by atoms with van der Waals surface area (Å²) in [7, 11) is 0. The highest BCUT2D eigenvalue weighted by molar-refractivity contribution is 7.00. The highest BCUT2D eigenvalue weighted by atomic mass is 15.2.